The molecule has 1 saturated carbocycles. The standard InChI is InChI=1S/C25H30N4O4/c1-16-4-6-18(7-5-16)15-28-23(26-21-12-10-20(11-13-21)19-8-9-19)27-24(31)29(25(28)32)14-17(2)22(30)33-3/h4-7,10-13,17,19,23,26H,8-9,14-15H2,1-3H3,(H,27,31)/t17-,23?/m0/s1. The number of ether oxygens (including phenoxy) is 1. The zero-order valence-corrected chi connectivity index (χ0v) is 19.2. The van der Waals surface area contributed by atoms with Gasteiger partial charge in [-0.25, -0.2) is 14.5 Å². The lowest BCUT2D eigenvalue weighted by Gasteiger charge is -2.41. The second kappa shape index (κ2) is 9.52. The molecule has 1 heterocycles. The van der Waals surface area contributed by atoms with Gasteiger partial charge in [0.05, 0.1) is 19.6 Å². The Kier molecular flexibility index (Phi) is 6.53. The monoisotopic (exact) mass is 450 g/mol. The van der Waals surface area contributed by atoms with Crippen molar-refractivity contribution in [1.29, 1.82) is 0 Å². The minimum atomic E-state index is -0.734. The Bertz CT molecular complexity index is 1020. The number of esters is 1. The molecule has 0 spiro atoms. The molecule has 8 nitrogen and oxygen atoms in total. The molecule has 0 radical (unpaired) electrons. The summed E-state index contributed by atoms with van der Waals surface area (Å²) in [6.45, 7) is 3.86. The van der Waals surface area contributed by atoms with Crippen LogP contribution >= 0.6 is 0 Å². The van der Waals surface area contributed by atoms with E-state index in [4.69, 9.17) is 4.74 Å². The first kappa shape index (κ1) is 22.6. The summed E-state index contributed by atoms with van der Waals surface area (Å²) in [7, 11) is 1.29. The van der Waals surface area contributed by atoms with Crippen LogP contribution in [0, 0.1) is 12.8 Å². The zero-order chi connectivity index (χ0) is 23.5. The van der Waals surface area contributed by atoms with Crippen molar-refractivity contribution in [1.82, 2.24) is 15.1 Å². The summed E-state index contributed by atoms with van der Waals surface area (Å²) in [5.41, 5.74) is 4.17. The molecule has 4 rings (SSSR count). The molecule has 1 aliphatic carbocycles. The van der Waals surface area contributed by atoms with Crippen LogP contribution in [0.25, 0.3) is 0 Å². The van der Waals surface area contributed by atoms with Gasteiger partial charge in [0.25, 0.3) is 0 Å². The Morgan fingerprint density at radius 1 is 1.12 bits per heavy atom. The fourth-order valence-corrected chi connectivity index (χ4v) is 3.92. The van der Waals surface area contributed by atoms with Crippen LogP contribution < -0.4 is 10.6 Å². The van der Waals surface area contributed by atoms with Crippen LogP contribution in [-0.2, 0) is 16.1 Å². The number of hydrogen-bond donors (Lipinski definition) is 2. The zero-order valence-electron chi connectivity index (χ0n) is 19.2. The van der Waals surface area contributed by atoms with Gasteiger partial charge in [0.15, 0.2) is 6.29 Å². The Balaban J connectivity index is 1.55. The highest BCUT2D eigenvalue weighted by atomic mass is 16.5. The fourth-order valence-electron chi connectivity index (χ4n) is 3.92. The van der Waals surface area contributed by atoms with Crippen LogP contribution in [0.1, 0.15) is 42.4 Å². The number of imide groups is 1. The molecule has 1 aliphatic heterocycles. The predicted molar refractivity (Wildman–Crippen MR) is 124 cm³/mol. The van der Waals surface area contributed by atoms with E-state index in [9.17, 15) is 14.4 Å². The van der Waals surface area contributed by atoms with Crippen LogP contribution in [0.15, 0.2) is 48.5 Å². The number of aryl methyl sites for hydroxylation is 1. The number of benzene rings is 2. The third-order valence-corrected chi connectivity index (χ3v) is 6.09. The summed E-state index contributed by atoms with van der Waals surface area (Å²) in [5, 5.41) is 6.14. The Morgan fingerprint density at radius 3 is 2.39 bits per heavy atom. The second-order valence-corrected chi connectivity index (χ2v) is 8.82. The maximum atomic E-state index is 13.4. The van der Waals surface area contributed by atoms with Gasteiger partial charge in [-0.1, -0.05) is 48.9 Å². The van der Waals surface area contributed by atoms with E-state index in [-0.39, 0.29) is 6.54 Å². The lowest BCUT2D eigenvalue weighted by atomic mass is 10.1. The molecule has 4 amide bonds. The number of carbonyl (C=O) groups excluding carboxylic acids is 3. The van der Waals surface area contributed by atoms with E-state index in [1.165, 1.54) is 25.5 Å². The van der Waals surface area contributed by atoms with E-state index in [1.807, 2.05) is 43.3 Å². The predicted octanol–water partition coefficient (Wildman–Crippen LogP) is 4.02. The van der Waals surface area contributed by atoms with Crippen LogP contribution in [0.3, 0.4) is 0 Å². The van der Waals surface area contributed by atoms with Crippen molar-refractivity contribution >= 4 is 23.7 Å². The highest BCUT2D eigenvalue weighted by Crippen LogP contribution is 2.40. The molecule has 1 saturated heterocycles. The van der Waals surface area contributed by atoms with Crippen LogP contribution in [0.2, 0.25) is 0 Å². The van der Waals surface area contributed by atoms with Crippen molar-refractivity contribution in [3.05, 3.63) is 65.2 Å². The first-order chi connectivity index (χ1) is 15.9. The molecule has 8 heteroatoms. The maximum absolute atomic E-state index is 13.4. The Hall–Kier alpha value is -3.55. The van der Waals surface area contributed by atoms with Crippen molar-refractivity contribution in [3.8, 4) is 0 Å². The number of rotatable bonds is 8. The molecule has 174 valence electrons. The molecular formula is C25H30N4O4. The molecule has 2 aromatic carbocycles. The third kappa shape index (κ3) is 5.27. The summed E-state index contributed by atoms with van der Waals surface area (Å²) in [4.78, 5) is 40.7. The van der Waals surface area contributed by atoms with Gasteiger partial charge in [-0.2, -0.15) is 0 Å². The molecule has 2 atom stereocenters. The second-order valence-electron chi connectivity index (χ2n) is 8.82. The number of amides is 4. The lowest BCUT2D eigenvalue weighted by molar-refractivity contribution is -0.145. The van der Waals surface area contributed by atoms with Crippen molar-refractivity contribution in [2.45, 2.75) is 45.4 Å². The molecule has 1 unspecified atom stereocenters. The summed E-state index contributed by atoms with van der Waals surface area (Å²) < 4.78 is 4.75. The summed E-state index contributed by atoms with van der Waals surface area (Å²) >= 11 is 0. The highest BCUT2D eigenvalue weighted by Gasteiger charge is 2.39. The third-order valence-electron chi connectivity index (χ3n) is 6.09. The van der Waals surface area contributed by atoms with Gasteiger partial charge in [0.2, 0.25) is 0 Å². The molecule has 2 fully saturated rings. The van der Waals surface area contributed by atoms with Crippen LogP contribution in [0.5, 0.6) is 0 Å². The first-order valence-corrected chi connectivity index (χ1v) is 11.2. The maximum Gasteiger partial charge on any atom is 0.331 e. The van der Waals surface area contributed by atoms with E-state index < -0.39 is 30.2 Å². The number of hydrogen-bond acceptors (Lipinski definition) is 5. The molecule has 2 N–H and O–H groups in total. The van der Waals surface area contributed by atoms with Crippen molar-refractivity contribution in [2.75, 3.05) is 19.0 Å². The molecule has 33 heavy (non-hydrogen) atoms. The largest absolute Gasteiger partial charge is 0.469 e. The van der Waals surface area contributed by atoms with E-state index in [1.54, 1.807) is 11.8 Å². The Morgan fingerprint density at radius 2 is 1.79 bits per heavy atom. The van der Waals surface area contributed by atoms with Gasteiger partial charge < -0.3 is 10.1 Å². The minimum Gasteiger partial charge on any atom is -0.469 e. The van der Waals surface area contributed by atoms with Gasteiger partial charge in [-0.05, 0) is 48.9 Å². The summed E-state index contributed by atoms with van der Waals surface area (Å²) in [5.74, 6) is -0.458. The fraction of sp³-hybridized carbons (Fsp3) is 0.400. The molecular weight excluding hydrogens is 420 g/mol. The minimum absolute atomic E-state index is 0.0649. The van der Waals surface area contributed by atoms with Crippen LogP contribution in [-0.4, -0.2) is 47.8 Å². The van der Waals surface area contributed by atoms with Gasteiger partial charge in [0, 0.05) is 12.2 Å². The lowest BCUT2D eigenvalue weighted by Crippen LogP contribution is -2.67. The number of urea groups is 2. The molecule has 2 aliphatic rings. The SMILES string of the molecule is COC(=O)[C@@H](C)CN1C(=O)NC(Nc2ccc(C3CC3)cc2)N(Cc2ccc(C)cc2)C1=O. The van der Waals surface area contributed by atoms with Gasteiger partial charge in [-0.3, -0.25) is 15.0 Å². The van der Waals surface area contributed by atoms with Crippen molar-refractivity contribution < 1.29 is 19.1 Å². The van der Waals surface area contributed by atoms with E-state index in [0.29, 0.717) is 12.5 Å². The van der Waals surface area contributed by atoms with Gasteiger partial charge in [-0.15, -0.1) is 0 Å². The normalized spacial score (nSPS) is 19.2. The van der Waals surface area contributed by atoms with E-state index in [0.717, 1.165) is 21.7 Å². The topological polar surface area (TPSA) is 91.0 Å². The highest BCUT2D eigenvalue weighted by molar-refractivity contribution is 5.96. The van der Waals surface area contributed by atoms with Crippen LogP contribution in [0.4, 0.5) is 15.3 Å². The smallest absolute Gasteiger partial charge is 0.331 e. The number of nitrogens with one attached hydrogen (secondary N) is 2. The first-order valence-electron chi connectivity index (χ1n) is 11.2. The molecule has 2 aromatic rings. The number of carbonyl (C=O) groups is 3. The average Bonchev–Trinajstić information content (AvgIpc) is 3.66. The van der Waals surface area contributed by atoms with Gasteiger partial charge in [0.1, 0.15) is 0 Å². The summed E-state index contributed by atoms with van der Waals surface area (Å²) in [6, 6.07) is 15.0. The Labute approximate surface area is 193 Å². The van der Waals surface area contributed by atoms with Crippen molar-refractivity contribution in [2.24, 2.45) is 5.92 Å². The average molecular weight is 451 g/mol. The number of methoxy groups -OCH3 is 1. The van der Waals surface area contributed by atoms with E-state index >= 15 is 0 Å². The van der Waals surface area contributed by atoms with Crippen molar-refractivity contribution in [3.63, 3.8) is 0 Å². The quantitative estimate of drug-likeness (QED) is 0.593. The number of nitrogens with zero attached hydrogens (tertiary/aromatic N) is 2. The molecule has 0 aromatic heterocycles. The summed E-state index contributed by atoms with van der Waals surface area (Å²) in [6.07, 6.45) is 1.72. The van der Waals surface area contributed by atoms with Gasteiger partial charge >= 0.3 is 18.0 Å². The van der Waals surface area contributed by atoms with E-state index in [2.05, 4.69) is 22.8 Å². The number of anilines is 1. The molecule has 0 bridgehead atoms.